The second-order valence-electron chi connectivity index (χ2n) is 8.23. The SMILES string of the molecule is O=C(CC1CSC(c2cc3cc(Cl)cc(NC4CCOCC4)c3[nH]2)=N1)N1CCOCC1. The van der Waals surface area contributed by atoms with E-state index in [1.54, 1.807) is 11.8 Å². The molecule has 0 spiro atoms. The molecular weight excluding hydrogens is 436 g/mol. The second-order valence-corrected chi connectivity index (χ2v) is 9.67. The highest BCUT2D eigenvalue weighted by Gasteiger charge is 2.26. The summed E-state index contributed by atoms with van der Waals surface area (Å²) in [7, 11) is 0. The maximum atomic E-state index is 12.6. The molecule has 4 heterocycles. The zero-order chi connectivity index (χ0) is 21.2. The Labute approximate surface area is 190 Å². The molecule has 3 aliphatic rings. The first kappa shape index (κ1) is 21.1. The van der Waals surface area contributed by atoms with Crippen molar-refractivity contribution in [3.8, 4) is 0 Å². The molecule has 1 unspecified atom stereocenters. The lowest BCUT2D eigenvalue weighted by atomic mass is 10.1. The minimum Gasteiger partial charge on any atom is -0.381 e. The number of thioether (sulfide) groups is 1. The highest BCUT2D eigenvalue weighted by atomic mass is 35.5. The van der Waals surface area contributed by atoms with Gasteiger partial charge in [0.15, 0.2) is 0 Å². The monoisotopic (exact) mass is 462 g/mol. The van der Waals surface area contributed by atoms with Crippen LogP contribution in [0.5, 0.6) is 0 Å². The number of benzene rings is 1. The number of morpholine rings is 1. The Hall–Kier alpha value is -1.74. The summed E-state index contributed by atoms with van der Waals surface area (Å²) < 4.78 is 10.8. The minimum atomic E-state index is 0.0187. The van der Waals surface area contributed by atoms with Crippen LogP contribution in [0.4, 0.5) is 5.69 Å². The van der Waals surface area contributed by atoms with E-state index in [-0.39, 0.29) is 11.9 Å². The highest BCUT2D eigenvalue weighted by Crippen LogP contribution is 2.33. The number of carbonyl (C=O) groups excluding carboxylic acids is 1. The predicted octanol–water partition coefficient (Wildman–Crippen LogP) is 3.52. The molecule has 2 aromatic rings. The lowest BCUT2D eigenvalue weighted by Crippen LogP contribution is -2.41. The van der Waals surface area contributed by atoms with Crippen LogP contribution < -0.4 is 5.32 Å². The Morgan fingerprint density at radius 2 is 1.97 bits per heavy atom. The van der Waals surface area contributed by atoms with E-state index < -0.39 is 0 Å². The molecular formula is C22H27ClN4O3S. The molecule has 1 atom stereocenters. The molecule has 2 saturated heterocycles. The number of H-pyrrole nitrogens is 1. The smallest absolute Gasteiger partial charge is 0.224 e. The van der Waals surface area contributed by atoms with Crippen LogP contribution in [-0.2, 0) is 14.3 Å². The zero-order valence-corrected chi connectivity index (χ0v) is 18.9. The maximum absolute atomic E-state index is 12.6. The number of amides is 1. The van der Waals surface area contributed by atoms with E-state index in [1.165, 1.54) is 0 Å². The quantitative estimate of drug-likeness (QED) is 0.710. The summed E-state index contributed by atoms with van der Waals surface area (Å²) in [6.45, 7) is 4.19. The van der Waals surface area contributed by atoms with Crippen LogP contribution in [0.15, 0.2) is 23.2 Å². The summed E-state index contributed by atoms with van der Waals surface area (Å²) in [5, 5.41) is 6.37. The molecule has 0 radical (unpaired) electrons. The first-order valence-electron chi connectivity index (χ1n) is 10.9. The van der Waals surface area contributed by atoms with Crippen molar-refractivity contribution in [1.29, 1.82) is 0 Å². The molecule has 1 amide bonds. The third kappa shape index (κ3) is 4.87. The molecule has 9 heteroatoms. The van der Waals surface area contributed by atoms with Crippen molar-refractivity contribution in [2.75, 3.05) is 50.6 Å². The third-order valence-electron chi connectivity index (χ3n) is 5.99. The summed E-state index contributed by atoms with van der Waals surface area (Å²) in [4.78, 5) is 22.9. The Kier molecular flexibility index (Phi) is 6.41. The Morgan fingerprint density at radius 1 is 1.19 bits per heavy atom. The van der Waals surface area contributed by atoms with Crippen molar-refractivity contribution >= 4 is 50.9 Å². The van der Waals surface area contributed by atoms with Crippen LogP contribution in [0.1, 0.15) is 25.0 Å². The van der Waals surface area contributed by atoms with Gasteiger partial charge in [-0.2, -0.15) is 0 Å². The van der Waals surface area contributed by atoms with Crippen LogP contribution in [0, 0.1) is 0 Å². The number of anilines is 1. The second kappa shape index (κ2) is 9.40. The van der Waals surface area contributed by atoms with Gasteiger partial charge in [0.25, 0.3) is 0 Å². The fraction of sp³-hybridized carbons (Fsp3) is 0.545. The lowest BCUT2D eigenvalue weighted by molar-refractivity contribution is -0.135. The molecule has 166 valence electrons. The number of carbonyl (C=O) groups is 1. The van der Waals surface area contributed by atoms with Crippen LogP contribution in [0.25, 0.3) is 10.9 Å². The molecule has 2 N–H and O–H groups in total. The van der Waals surface area contributed by atoms with Gasteiger partial charge in [-0.25, -0.2) is 0 Å². The fourth-order valence-electron chi connectivity index (χ4n) is 4.31. The van der Waals surface area contributed by atoms with E-state index in [0.717, 1.165) is 59.1 Å². The third-order valence-corrected chi connectivity index (χ3v) is 7.36. The fourth-order valence-corrected chi connectivity index (χ4v) is 5.57. The van der Waals surface area contributed by atoms with E-state index in [9.17, 15) is 4.79 Å². The van der Waals surface area contributed by atoms with E-state index in [1.807, 2.05) is 17.0 Å². The molecule has 7 nitrogen and oxygen atoms in total. The average Bonchev–Trinajstić information content (AvgIpc) is 3.42. The van der Waals surface area contributed by atoms with E-state index in [0.29, 0.717) is 43.8 Å². The Bertz CT molecular complexity index is 983. The van der Waals surface area contributed by atoms with Gasteiger partial charge in [-0.05, 0) is 31.0 Å². The summed E-state index contributed by atoms with van der Waals surface area (Å²) in [5.74, 6) is 1.000. The van der Waals surface area contributed by atoms with Crippen molar-refractivity contribution < 1.29 is 14.3 Å². The van der Waals surface area contributed by atoms with Gasteiger partial charge in [0.2, 0.25) is 5.91 Å². The lowest BCUT2D eigenvalue weighted by Gasteiger charge is -2.27. The number of nitrogens with one attached hydrogen (secondary N) is 2. The number of aliphatic imine (C=N–C) groups is 1. The molecule has 2 fully saturated rings. The summed E-state index contributed by atoms with van der Waals surface area (Å²) in [6.07, 6.45) is 2.44. The van der Waals surface area contributed by atoms with Crippen LogP contribution in [-0.4, -0.2) is 78.2 Å². The Balaban J connectivity index is 1.32. The molecule has 1 aromatic carbocycles. The first-order chi connectivity index (χ1) is 15.2. The number of fused-ring (bicyclic) bond motifs is 1. The molecule has 0 bridgehead atoms. The van der Waals surface area contributed by atoms with Crippen LogP contribution in [0.2, 0.25) is 5.02 Å². The topological polar surface area (TPSA) is 78.9 Å². The van der Waals surface area contributed by atoms with Crippen molar-refractivity contribution in [1.82, 2.24) is 9.88 Å². The number of halogens is 1. The average molecular weight is 463 g/mol. The molecule has 0 aliphatic carbocycles. The summed E-state index contributed by atoms with van der Waals surface area (Å²) in [6, 6.07) is 6.47. The van der Waals surface area contributed by atoms with Crippen LogP contribution in [0.3, 0.4) is 0 Å². The predicted molar refractivity (Wildman–Crippen MR) is 126 cm³/mol. The van der Waals surface area contributed by atoms with Crippen molar-refractivity contribution in [2.24, 2.45) is 4.99 Å². The number of hydrogen-bond donors (Lipinski definition) is 2. The van der Waals surface area contributed by atoms with E-state index in [4.69, 9.17) is 26.1 Å². The van der Waals surface area contributed by atoms with Gasteiger partial charge in [-0.15, -0.1) is 11.8 Å². The molecule has 3 aliphatic heterocycles. The van der Waals surface area contributed by atoms with Gasteiger partial charge in [-0.1, -0.05) is 11.6 Å². The molecule has 31 heavy (non-hydrogen) atoms. The van der Waals surface area contributed by atoms with Gasteiger partial charge >= 0.3 is 0 Å². The van der Waals surface area contributed by atoms with Crippen molar-refractivity contribution in [2.45, 2.75) is 31.3 Å². The molecule has 0 saturated carbocycles. The molecule has 1 aromatic heterocycles. The number of hydrogen-bond acceptors (Lipinski definition) is 6. The largest absolute Gasteiger partial charge is 0.381 e. The standard InChI is InChI=1S/C22H27ClN4O3S/c23-15-9-14-10-19(26-21(14)18(11-15)24-16-1-5-29-6-2-16)22-25-17(13-31-22)12-20(28)27-3-7-30-8-4-27/h9-11,16-17,24,26H,1-8,12-13H2. The van der Waals surface area contributed by atoms with Gasteiger partial charge in [0.05, 0.1) is 42.6 Å². The van der Waals surface area contributed by atoms with Gasteiger partial charge in [-0.3, -0.25) is 9.79 Å². The van der Waals surface area contributed by atoms with E-state index in [2.05, 4.69) is 16.4 Å². The zero-order valence-electron chi connectivity index (χ0n) is 17.4. The number of aromatic nitrogens is 1. The maximum Gasteiger partial charge on any atom is 0.224 e. The number of ether oxygens (including phenoxy) is 2. The Morgan fingerprint density at radius 3 is 2.77 bits per heavy atom. The summed E-state index contributed by atoms with van der Waals surface area (Å²) in [5.41, 5.74) is 3.05. The molecule has 5 rings (SSSR count). The first-order valence-corrected chi connectivity index (χ1v) is 12.2. The van der Waals surface area contributed by atoms with Crippen molar-refractivity contribution in [3.63, 3.8) is 0 Å². The number of nitrogens with zero attached hydrogens (tertiary/aromatic N) is 2. The number of aromatic amines is 1. The number of rotatable bonds is 5. The normalized spacial score (nSPS) is 22.7. The van der Waals surface area contributed by atoms with Gasteiger partial charge in [0, 0.05) is 48.5 Å². The van der Waals surface area contributed by atoms with Gasteiger partial charge < -0.3 is 24.7 Å². The highest BCUT2D eigenvalue weighted by molar-refractivity contribution is 8.14. The van der Waals surface area contributed by atoms with Crippen LogP contribution >= 0.6 is 23.4 Å². The summed E-state index contributed by atoms with van der Waals surface area (Å²) >= 11 is 8.11. The van der Waals surface area contributed by atoms with Crippen molar-refractivity contribution in [3.05, 3.63) is 28.9 Å². The minimum absolute atomic E-state index is 0.0187. The van der Waals surface area contributed by atoms with Gasteiger partial charge in [0.1, 0.15) is 5.04 Å². The van der Waals surface area contributed by atoms with E-state index >= 15 is 0 Å².